The van der Waals surface area contributed by atoms with Gasteiger partial charge >= 0.3 is 0 Å². The van der Waals surface area contributed by atoms with Crippen LogP contribution in [0.4, 0.5) is 23.0 Å². The summed E-state index contributed by atoms with van der Waals surface area (Å²) in [6.45, 7) is 10.8. The van der Waals surface area contributed by atoms with Gasteiger partial charge in [-0.3, -0.25) is 0 Å². The summed E-state index contributed by atoms with van der Waals surface area (Å²) < 4.78 is 44.5. The fourth-order valence-electron chi connectivity index (χ4n) is 5.98. The van der Waals surface area contributed by atoms with Crippen molar-refractivity contribution in [3.05, 3.63) is 72.7 Å². The molecule has 0 spiro atoms. The van der Waals surface area contributed by atoms with Gasteiger partial charge in [-0.25, -0.2) is 22.3 Å². The number of benzene rings is 2. The molecule has 4 heterocycles. The van der Waals surface area contributed by atoms with E-state index in [0.717, 1.165) is 54.0 Å². The van der Waals surface area contributed by atoms with Crippen LogP contribution in [-0.4, -0.2) is 65.6 Å². The Hall–Kier alpha value is -4.66. The molecule has 1 unspecified atom stereocenters. The highest BCUT2D eigenvalue weighted by molar-refractivity contribution is 7.89. The second kappa shape index (κ2) is 14.2. The number of pyridine rings is 1. The van der Waals surface area contributed by atoms with Crippen LogP contribution in [0.15, 0.2) is 72.0 Å². The first-order chi connectivity index (χ1) is 23.1. The molecule has 0 radical (unpaired) electrons. The van der Waals surface area contributed by atoms with Gasteiger partial charge < -0.3 is 25.4 Å². The van der Waals surface area contributed by atoms with Gasteiger partial charge in [-0.05, 0) is 94.5 Å². The van der Waals surface area contributed by atoms with Crippen LogP contribution < -0.4 is 25.4 Å². The van der Waals surface area contributed by atoms with Crippen molar-refractivity contribution >= 4 is 38.7 Å². The number of aromatic nitrogens is 5. The Morgan fingerprint density at radius 2 is 1.90 bits per heavy atom. The van der Waals surface area contributed by atoms with Crippen molar-refractivity contribution < 1.29 is 17.9 Å². The maximum absolute atomic E-state index is 13.2. The van der Waals surface area contributed by atoms with Crippen LogP contribution in [0.5, 0.6) is 5.75 Å². The van der Waals surface area contributed by atoms with Crippen molar-refractivity contribution in [2.24, 2.45) is 5.92 Å². The summed E-state index contributed by atoms with van der Waals surface area (Å²) in [6.07, 6.45) is 7.12. The highest BCUT2D eigenvalue weighted by Gasteiger charge is 2.23. The number of nitrogens with two attached hydrogens (primary N) is 1. The number of anilines is 4. The average Bonchev–Trinajstić information content (AvgIpc) is 3.73. The smallest absolute Gasteiger partial charge is 0.247 e. The number of nitrogen functional groups attached to an aromatic ring is 1. The zero-order valence-electron chi connectivity index (χ0n) is 27.8. The summed E-state index contributed by atoms with van der Waals surface area (Å²) in [5.74, 6) is 1.20. The van der Waals surface area contributed by atoms with E-state index in [-0.39, 0.29) is 17.0 Å². The number of nitrogens with one attached hydrogen (secondary N) is 2. The Morgan fingerprint density at radius 1 is 1.08 bits per heavy atom. The van der Waals surface area contributed by atoms with Crippen LogP contribution >= 0.6 is 0 Å². The number of rotatable bonds is 13. The standard InChI is InChI=1S/C34H43N9O4S/c1-5-46-24(4)43-22-26(21-36-43)30-14-17-42-33(32(30)47-6-2)39-34(40-42)38-31-11-10-29(18-23(31)3)48(44,45)37-20-25-12-15-41(16-13-25)28-9-7-8-27(35)19-28/h7-11,14,17-19,21-22,24-25,37H,5-6,12-13,15-16,20,35H2,1-4H3,(H,38,40). The van der Waals surface area contributed by atoms with Gasteiger partial charge in [-0.15, -0.1) is 5.10 Å². The van der Waals surface area contributed by atoms with E-state index < -0.39 is 10.0 Å². The molecule has 3 aromatic heterocycles. The molecule has 0 amide bonds. The topological polar surface area (TPSA) is 154 Å². The number of nitrogens with zero attached hydrogens (tertiary/aromatic N) is 6. The zero-order chi connectivity index (χ0) is 33.8. The predicted octanol–water partition coefficient (Wildman–Crippen LogP) is 5.38. The van der Waals surface area contributed by atoms with Gasteiger partial charge in [-0.1, -0.05) is 6.07 Å². The number of hydrogen-bond donors (Lipinski definition) is 3. The van der Waals surface area contributed by atoms with Gasteiger partial charge in [0, 0.05) is 66.8 Å². The molecule has 0 saturated carbocycles. The Balaban J connectivity index is 1.12. The Morgan fingerprint density at radius 3 is 2.62 bits per heavy atom. The first-order valence-corrected chi connectivity index (χ1v) is 17.8. The second-order valence-electron chi connectivity index (χ2n) is 11.9. The summed E-state index contributed by atoms with van der Waals surface area (Å²) in [6, 6.07) is 14.8. The van der Waals surface area contributed by atoms with Gasteiger partial charge in [-0.2, -0.15) is 10.1 Å². The molecular formula is C34H43N9O4S. The van der Waals surface area contributed by atoms with Gasteiger partial charge in [0.1, 0.15) is 6.23 Å². The molecular weight excluding hydrogens is 630 g/mol. The van der Waals surface area contributed by atoms with Crippen LogP contribution in [0.3, 0.4) is 0 Å². The summed E-state index contributed by atoms with van der Waals surface area (Å²) in [7, 11) is -3.69. The first-order valence-electron chi connectivity index (χ1n) is 16.3. The van der Waals surface area contributed by atoms with Crippen molar-refractivity contribution in [1.29, 1.82) is 0 Å². The third-order valence-electron chi connectivity index (χ3n) is 8.61. The van der Waals surface area contributed by atoms with Crippen molar-refractivity contribution in [3.8, 4) is 16.9 Å². The Bertz CT molecular complexity index is 1980. The molecule has 0 bridgehead atoms. The van der Waals surface area contributed by atoms with E-state index in [2.05, 4.69) is 31.2 Å². The van der Waals surface area contributed by atoms with Crippen LogP contribution in [0.2, 0.25) is 0 Å². The molecule has 48 heavy (non-hydrogen) atoms. The zero-order valence-corrected chi connectivity index (χ0v) is 28.6. The number of ether oxygens (including phenoxy) is 2. The van der Waals surface area contributed by atoms with E-state index >= 15 is 0 Å². The first kappa shape index (κ1) is 33.2. The molecule has 2 aromatic carbocycles. The number of piperidine rings is 1. The largest absolute Gasteiger partial charge is 0.489 e. The maximum atomic E-state index is 13.2. The van der Waals surface area contributed by atoms with E-state index in [0.29, 0.717) is 42.8 Å². The van der Waals surface area contributed by atoms with Crippen molar-refractivity contribution in [2.75, 3.05) is 48.8 Å². The maximum Gasteiger partial charge on any atom is 0.247 e. The summed E-state index contributed by atoms with van der Waals surface area (Å²) in [4.78, 5) is 7.24. The minimum absolute atomic E-state index is 0.197. The molecule has 13 nitrogen and oxygen atoms in total. The molecule has 14 heteroatoms. The lowest BCUT2D eigenvalue weighted by molar-refractivity contribution is 0.0160. The third-order valence-corrected chi connectivity index (χ3v) is 10.0. The van der Waals surface area contributed by atoms with E-state index in [1.54, 1.807) is 33.6 Å². The number of sulfonamides is 1. The number of hydrogen-bond acceptors (Lipinski definition) is 10. The van der Waals surface area contributed by atoms with Gasteiger partial charge in [0.15, 0.2) is 11.4 Å². The van der Waals surface area contributed by atoms with Crippen LogP contribution in [0, 0.1) is 12.8 Å². The van der Waals surface area contributed by atoms with Gasteiger partial charge in [0.05, 0.1) is 17.7 Å². The molecule has 6 rings (SSSR count). The lowest BCUT2D eigenvalue weighted by atomic mass is 9.97. The molecule has 254 valence electrons. The quantitative estimate of drug-likeness (QED) is 0.139. The SMILES string of the molecule is CCOc1c(-c2cnn(C(C)OCC)c2)ccn2nc(Nc3ccc(S(=O)(=O)NCC4CCN(c5cccc(N)c5)CC4)cc3C)nc12. The Labute approximate surface area is 281 Å². The third kappa shape index (κ3) is 7.25. The highest BCUT2D eigenvalue weighted by Crippen LogP contribution is 2.34. The molecule has 1 saturated heterocycles. The minimum atomic E-state index is -3.69. The van der Waals surface area contributed by atoms with Gasteiger partial charge in [0.2, 0.25) is 16.0 Å². The molecule has 0 aliphatic carbocycles. The fourth-order valence-corrected chi connectivity index (χ4v) is 7.18. The Kier molecular flexibility index (Phi) is 9.85. The number of aryl methyl sites for hydroxylation is 1. The molecule has 1 atom stereocenters. The summed E-state index contributed by atoms with van der Waals surface area (Å²) >= 11 is 0. The normalized spacial score (nSPS) is 14.8. The van der Waals surface area contributed by atoms with Crippen molar-refractivity contribution in [3.63, 3.8) is 0 Å². The average molecular weight is 674 g/mol. The van der Waals surface area contributed by atoms with Crippen molar-refractivity contribution in [2.45, 2.75) is 51.7 Å². The molecule has 1 fully saturated rings. The number of fused-ring (bicyclic) bond motifs is 1. The van der Waals surface area contributed by atoms with Gasteiger partial charge in [0.25, 0.3) is 0 Å². The summed E-state index contributed by atoms with van der Waals surface area (Å²) in [5, 5.41) is 12.3. The lowest BCUT2D eigenvalue weighted by Gasteiger charge is -2.33. The van der Waals surface area contributed by atoms with Crippen LogP contribution in [0.25, 0.3) is 16.8 Å². The van der Waals surface area contributed by atoms with E-state index in [4.69, 9.17) is 20.2 Å². The fraction of sp³-hybridized carbons (Fsp3) is 0.382. The lowest BCUT2D eigenvalue weighted by Crippen LogP contribution is -2.38. The molecule has 5 aromatic rings. The van der Waals surface area contributed by atoms with Crippen LogP contribution in [0.1, 0.15) is 45.4 Å². The molecule has 4 N–H and O–H groups in total. The highest BCUT2D eigenvalue weighted by atomic mass is 32.2. The molecule has 1 aliphatic heterocycles. The summed E-state index contributed by atoms with van der Waals surface area (Å²) in [5.41, 5.74) is 11.5. The van der Waals surface area contributed by atoms with E-state index in [1.165, 1.54) is 0 Å². The van der Waals surface area contributed by atoms with E-state index in [1.807, 2.05) is 64.4 Å². The van der Waals surface area contributed by atoms with Crippen LogP contribution in [-0.2, 0) is 14.8 Å². The monoisotopic (exact) mass is 673 g/mol. The predicted molar refractivity (Wildman–Crippen MR) is 187 cm³/mol. The van der Waals surface area contributed by atoms with Crippen molar-refractivity contribution in [1.82, 2.24) is 29.1 Å². The minimum Gasteiger partial charge on any atom is -0.489 e. The molecule has 1 aliphatic rings. The van der Waals surface area contributed by atoms with E-state index in [9.17, 15) is 8.42 Å². The second-order valence-corrected chi connectivity index (χ2v) is 13.7.